The largest absolute Gasteiger partial charge is 0.290 e. The van der Waals surface area contributed by atoms with Gasteiger partial charge in [-0.3, -0.25) is 9.88 Å². The van der Waals surface area contributed by atoms with E-state index in [1.165, 1.54) is 0 Å². The number of thiazole rings is 1. The lowest BCUT2D eigenvalue weighted by Crippen LogP contribution is -2.35. The lowest BCUT2D eigenvalue weighted by Gasteiger charge is -2.25. The van der Waals surface area contributed by atoms with Gasteiger partial charge in [-0.25, -0.2) is 13.4 Å². The first-order valence-corrected chi connectivity index (χ1v) is 10.2. The van der Waals surface area contributed by atoms with Crippen molar-refractivity contribution >= 4 is 21.2 Å². The lowest BCUT2D eigenvalue weighted by molar-refractivity contribution is 0.224. The first kappa shape index (κ1) is 16.3. The SMILES string of the molecule is C=CCN(Cc1csc(-c2ccccn2)n1)[C@H]1CCS(=O)(=O)C1. The molecule has 0 aliphatic carbocycles. The van der Waals surface area contributed by atoms with E-state index in [1.807, 2.05) is 29.7 Å². The van der Waals surface area contributed by atoms with E-state index in [1.54, 1.807) is 17.5 Å². The molecule has 3 rings (SSSR count). The van der Waals surface area contributed by atoms with E-state index in [4.69, 9.17) is 0 Å². The van der Waals surface area contributed by atoms with E-state index >= 15 is 0 Å². The summed E-state index contributed by atoms with van der Waals surface area (Å²) in [5.74, 6) is 0.514. The Morgan fingerprint density at radius 1 is 1.43 bits per heavy atom. The Morgan fingerprint density at radius 2 is 2.30 bits per heavy atom. The molecule has 0 unspecified atom stereocenters. The molecule has 1 saturated heterocycles. The summed E-state index contributed by atoms with van der Waals surface area (Å²) in [5.41, 5.74) is 1.81. The van der Waals surface area contributed by atoms with E-state index in [-0.39, 0.29) is 17.5 Å². The molecule has 1 aliphatic rings. The van der Waals surface area contributed by atoms with Crippen molar-refractivity contribution in [3.8, 4) is 10.7 Å². The molecular formula is C16H19N3O2S2. The number of sulfone groups is 1. The predicted molar refractivity (Wildman–Crippen MR) is 93.0 cm³/mol. The van der Waals surface area contributed by atoms with Gasteiger partial charge in [0.25, 0.3) is 0 Å². The minimum absolute atomic E-state index is 0.0537. The van der Waals surface area contributed by atoms with E-state index in [0.29, 0.717) is 19.5 Å². The highest BCUT2D eigenvalue weighted by Gasteiger charge is 2.32. The van der Waals surface area contributed by atoms with Gasteiger partial charge in [-0.15, -0.1) is 17.9 Å². The van der Waals surface area contributed by atoms with Crippen molar-refractivity contribution in [1.82, 2.24) is 14.9 Å². The summed E-state index contributed by atoms with van der Waals surface area (Å²) >= 11 is 1.56. The highest BCUT2D eigenvalue weighted by Crippen LogP contribution is 2.24. The van der Waals surface area contributed by atoms with Crippen LogP contribution in [0.15, 0.2) is 42.4 Å². The number of hydrogen-bond donors (Lipinski definition) is 0. The number of rotatable bonds is 6. The molecule has 7 heteroatoms. The number of pyridine rings is 1. The summed E-state index contributed by atoms with van der Waals surface area (Å²) < 4.78 is 23.4. The topological polar surface area (TPSA) is 63.2 Å². The van der Waals surface area contributed by atoms with Crippen molar-refractivity contribution in [3.05, 3.63) is 48.1 Å². The Hall–Kier alpha value is -1.57. The zero-order chi connectivity index (χ0) is 16.3. The van der Waals surface area contributed by atoms with Crippen molar-refractivity contribution in [2.45, 2.75) is 19.0 Å². The standard InChI is InChI=1S/C16H19N3O2S2/c1-2-8-19(14-6-9-23(20,21)12-14)10-13-11-22-16(18-13)15-5-3-4-7-17-15/h2-5,7,11,14H,1,6,8-10,12H2/t14-/m0/s1. The highest BCUT2D eigenvalue weighted by atomic mass is 32.2. The first-order valence-electron chi connectivity index (χ1n) is 7.48. The average Bonchev–Trinajstić information content (AvgIpc) is 3.14. The van der Waals surface area contributed by atoms with E-state index in [9.17, 15) is 8.42 Å². The number of nitrogens with zero attached hydrogens (tertiary/aromatic N) is 3. The third-order valence-corrected chi connectivity index (χ3v) is 6.55. The Kier molecular flexibility index (Phi) is 4.89. The van der Waals surface area contributed by atoms with Gasteiger partial charge in [-0.05, 0) is 18.6 Å². The molecule has 1 atom stereocenters. The third-order valence-electron chi connectivity index (χ3n) is 3.89. The van der Waals surface area contributed by atoms with Gasteiger partial charge in [0.2, 0.25) is 0 Å². The molecule has 2 aromatic heterocycles. The minimum atomic E-state index is -2.89. The van der Waals surface area contributed by atoms with Crippen LogP contribution in [0.4, 0.5) is 0 Å². The van der Waals surface area contributed by atoms with Gasteiger partial charge in [0.05, 0.1) is 22.9 Å². The number of hydrogen-bond acceptors (Lipinski definition) is 6. The van der Waals surface area contributed by atoms with Gasteiger partial charge < -0.3 is 0 Å². The van der Waals surface area contributed by atoms with Crippen LogP contribution < -0.4 is 0 Å². The number of aromatic nitrogens is 2. The smallest absolute Gasteiger partial charge is 0.151 e. The van der Waals surface area contributed by atoms with Crippen molar-refractivity contribution < 1.29 is 8.42 Å². The van der Waals surface area contributed by atoms with Gasteiger partial charge >= 0.3 is 0 Å². The van der Waals surface area contributed by atoms with Gasteiger partial charge in [-0.2, -0.15) is 0 Å². The molecule has 0 N–H and O–H groups in total. The van der Waals surface area contributed by atoms with Crippen LogP contribution in [0.2, 0.25) is 0 Å². The van der Waals surface area contributed by atoms with Gasteiger partial charge in [-0.1, -0.05) is 12.1 Å². The summed E-state index contributed by atoms with van der Waals surface area (Å²) in [7, 11) is -2.89. The molecule has 0 amide bonds. The second kappa shape index (κ2) is 6.90. The Labute approximate surface area is 140 Å². The van der Waals surface area contributed by atoms with Crippen LogP contribution in [0.1, 0.15) is 12.1 Å². The molecule has 3 heterocycles. The summed E-state index contributed by atoms with van der Waals surface area (Å²) in [6.45, 7) is 5.08. The molecule has 0 bridgehead atoms. The van der Waals surface area contributed by atoms with Crippen molar-refractivity contribution in [2.24, 2.45) is 0 Å². The fourth-order valence-electron chi connectivity index (χ4n) is 2.77. The summed E-state index contributed by atoms with van der Waals surface area (Å²) in [6, 6.07) is 5.81. The lowest BCUT2D eigenvalue weighted by atomic mass is 10.2. The van der Waals surface area contributed by atoms with Gasteiger partial charge in [0.15, 0.2) is 9.84 Å². The van der Waals surface area contributed by atoms with Gasteiger partial charge in [0, 0.05) is 30.7 Å². The second-order valence-corrected chi connectivity index (χ2v) is 8.72. The van der Waals surface area contributed by atoms with Crippen LogP contribution in [0.25, 0.3) is 10.7 Å². The molecule has 122 valence electrons. The Morgan fingerprint density at radius 3 is 2.96 bits per heavy atom. The van der Waals surface area contributed by atoms with Crippen LogP contribution >= 0.6 is 11.3 Å². The molecule has 0 spiro atoms. The summed E-state index contributed by atoms with van der Waals surface area (Å²) in [6.07, 6.45) is 4.26. The van der Waals surface area contributed by atoms with Crippen molar-refractivity contribution in [3.63, 3.8) is 0 Å². The normalized spacial score (nSPS) is 20.0. The fraction of sp³-hybridized carbons (Fsp3) is 0.375. The van der Waals surface area contributed by atoms with Crippen LogP contribution in [0.5, 0.6) is 0 Å². The maximum absolute atomic E-state index is 11.7. The van der Waals surface area contributed by atoms with E-state index in [2.05, 4.69) is 21.4 Å². The second-order valence-electron chi connectivity index (χ2n) is 5.63. The molecule has 0 saturated carbocycles. The monoisotopic (exact) mass is 349 g/mol. The van der Waals surface area contributed by atoms with Crippen LogP contribution in [-0.2, 0) is 16.4 Å². The van der Waals surface area contributed by atoms with Crippen LogP contribution in [-0.4, -0.2) is 47.4 Å². The van der Waals surface area contributed by atoms with Crippen molar-refractivity contribution in [1.29, 1.82) is 0 Å². The molecular weight excluding hydrogens is 330 g/mol. The first-order chi connectivity index (χ1) is 11.1. The van der Waals surface area contributed by atoms with Crippen molar-refractivity contribution in [2.75, 3.05) is 18.1 Å². The third kappa shape index (κ3) is 4.04. The molecule has 0 aromatic carbocycles. The molecule has 0 radical (unpaired) electrons. The minimum Gasteiger partial charge on any atom is -0.290 e. The summed E-state index contributed by atoms with van der Waals surface area (Å²) in [5, 5.41) is 2.90. The molecule has 2 aromatic rings. The predicted octanol–water partition coefficient (Wildman–Crippen LogP) is 2.38. The molecule has 1 fully saturated rings. The van der Waals surface area contributed by atoms with Gasteiger partial charge in [0.1, 0.15) is 5.01 Å². The zero-order valence-corrected chi connectivity index (χ0v) is 14.4. The maximum atomic E-state index is 11.7. The quantitative estimate of drug-likeness (QED) is 0.749. The molecule has 1 aliphatic heterocycles. The van der Waals surface area contributed by atoms with Crippen LogP contribution in [0.3, 0.4) is 0 Å². The Bertz CT molecular complexity index is 772. The average molecular weight is 349 g/mol. The van der Waals surface area contributed by atoms with E-state index < -0.39 is 9.84 Å². The maximum Gasteiger partial charge on any atom is 0.151 e. The van der Waals surface area contributed by atoms with E-state index in [0.717, 1.165) is 16.4 Å². The fourth-order valence-corrected chi connectivity index (χ4v) is 5.31. The summed E-state index contributed by atoms with van der Waals surface area (Å²) in [4.78, 5) is 11.1. The zero-order valence-electron chi connectivity index (χ0n) is 12.8. The molecule has 23 heavy (non-hydrogen) atoms. The molecule has 5 nitrogen and oxygen atoms in total. The highest BCUT2D eigenvalue weighted by molar-refractivity contribution is 7.91. The Balaban J connectivity index is 1.74. The van der Waals surface area contributed by atoms with Crippen LogP contribution in [0, 0.1) is 0 Å².